The lowest BCUT2D eigenvalue weighted by atomic mass is 9.96. The molecule has 0 aliphatic carbocycles. The van der Waals surface area contributed by atoms with E-state index in [0.717, 1.165) is 12.8 Å². The molecule has 11 heteroatoms. The van der Waals surface area contributed by atoms with Gasteiger partial charge < -0.3 is 24.0 Å². The molecule has 0 spiro atoms. The molecular formula is C29H24BrClF2N2O5. The molecule has 0 N–H and O–H groups in total. The first-order valence-electron chi connectivity index (χ1n) is 12.7. The smallest absolute Gasteiger partial charge is 0.340 e. The Morgan fingerprint density at radius 3 is 2.50 bits per heavy atom. The van der Waals surface area contributed by atoms with Gasteiger partial charge in [-0.2, -0.15) is 0 Å². The predicted molar refractivity (Wildman–Crippen MR) is 148 cm³/mol. The van der Waals surface area contributed by atoms with Crippen LogP contribution in [0, 0.1) is 11.6 Å². The molecule has 0 saturated carbocycles. The molecule has 3 heterocycles. The van der Waals surface area contributed by atoms with Gasteiger partial charge >= 0.3 is 5.97 Å². The molecule has 2 saturated heterocycles. The van der Waals surface area contributed by atoms with Crippen molar-refractivity contribution >= 4 is 45.1 Å². The lowest BCUT2D eigenvalue weighted by molar-refractivity contribution is 0.0511. The first-order valence-corrected chi connectivity index (χ1v) is 13.9. The lowest BCUT2D eigenvalue weighted by Crippen LogP contribution is -2.46. The molecule has 3 aliphatic rings. The Morgan fingerprint density at radius 1 is 1.05 bits per heavy atom. The zero-order valence-electron chi connectivity index (χ0n) is 21.4. The van der Waals surface area contributed by atoms with Gasteiger partial charge in [0.05, 0.1) is 60.8 Å². The van der Waals surface area contributed by atoms with Crippen LogP contribution in [-0.4, -0.2) is 55.9 Å². The number of fused-ring (bicyclic) bond motifs is 3. The number of carbonyl (C=O) groups excluding carboxylic acids is 2. The van der Waals surface area contributed by atoms with Crippen LogP contribution >= 0.6 is 27.5 Å². The minimum Gasteiger partial charge on any atom is -0.472 e. The van der Waals surface area contributed by atoms with Crippen LogP contribution in [0.25, 0.3) is 11.1 Å². The fourth-order valence-electron chi connectivity index (χ4n) is 5.80. The van der Waals surface area contributed by atoms with Gasteiger partial charge in [-0.3, -0.25) is 4.79 Å². The van der Waals surface area contributed by atoms with E-state index >= 15 is 4.39 Å². The number of ether oxygens (including phenoxy) is 3. The second-order valence-electron chi connectivity index (χ2n) is 9.99. The van der Waals surface area contributed by atoms with Crippen LogP contribution in [0.15, 0.2) is 46.9 Å². The minimum absolute atomic E-state index is 0.0196. The maximum atomic E-state index is 15.7. The summed E-state index contributed by atoms with van der Waals surface area (Å²) < 4.78 is 47.4. The van der Waals surface area contributed by atoms with E-state index in [-0.39, 0.29) is 47.1 Å². The molecule has 1 amide bonds. The number of morpholine rings is 1. The molecule has 208 valence electrons. The quantitative estimate of drug-likeness (QED) is 0.319. The maximum Gasteiger partial charge on any atom is 0.340 e. The molecule has 2 unspecified atom stereocenters. The van der Waals surface area contributed by atoms with Gasteiger partial charge in [0.15, 0.2) is 6.73 Å². The zero-order chi connectivity index (χ0) is 28.1. The van der Waals surface area contributed by atoms with Gasteiger partial charge in [0.1, 0.15) is 17.4 Å². The highest BCUT2D eigenvalue weighted by Crippen LogP contribution is 2.43. The molecule has 6 rings (SSSR count). The molecule has 2 bridgehead atoms. The molecule has 2 fully saturated rings. The summed E-state index contributed by atoms with van der Waals surface area (Å²) in [4.78, 5) is 29.3. The third kappa shape index (κ3) is 4.61. The number of rotatable bonds is 4. The molecule has 3 aromatic carbocycles. The van der Waals surface area contributed by atoms with E-state index in [1.165, 1.54) is 30.2 Å². The van der Waals surface area contributed by atoms with Gasteiger partial charge in [-0.05, 0) is 37.1 Å². The molecule has 0 radical (unpaired) electrons. The number of hydrogen-bond donors (Lipinski definition) is 0. The van der Waals surface area contributed by atoms with Gasteiger partial charge in [0.25, 0.3) is 5.91 Å². The van der Waals surface area contributed by atoms with Crippen molar-refractivity contribution in [3.63, 3.8) is 0 Å². The summed E-state index contributed by atoms with van der Waals surface area (Å²) in [6.45, 7) is 0.980. The van der Waals surface area contributed by atoms with Crippen molar-refractivity contribution in [2.24, 2.45) is 0 Å². The van der Waals surface area contributed by atoms with Crippen LogP contribution in [0.4, 0.5) is 14.5 Å². The minimum atomic E-state index is -0.749. The zero-order valence-corrected chi connectivity index (χ0v) is 23.7. The van der Waals surface area contributed by atoms with E-state index in [4.69, 9.17) is 25.8 Å². The standard InChI is InChI=1S/C29H24BrClF2N2O5/c1-38-29(37)21-9-23(32)20(10-25(21)35-17-5-6-18(35)13-39-12-17)19-4-2-3-15-11-34(14-40-27(15)19)28(36)26-22(31)7-16(30)8-24(26)33/h2-4,7-10,17-18H,5-6,11-14H2,1H3. The number of benzene rings is 3. The van der Waals surface area contributed by atoms with E-state index in [9.17, 15) is 14.0 Å². The fraction of sp³-hybridized carbons (Fsp3) is 0.310. The number of carbonyl (C=O) groups is 2. The van der Waals surface area contributed by atoms with Crippen LogP contribution in [0.1, 0.15) is 39.1 Å². The first kappa shape index (κ1) is 27.0. The van der Waals surface area contributed by atoms with E-state index in [2.05, 4.69) is 20.8 Å². The van der Waals surface area contributed by atoms with Crippen LogP contribution in [-0.2, 0) is 16.0 Å². The van der Waals surface area contributed by atoms with Gasteiger partial charge in [0, 0.05) is 21.2 Å². The van der Waals surface area contributed by atoms with Crippen molar-refractivity contribution in [1.29, 1.82) is 0 Å². The van der Waals surface area contributed by atoms with Crippen LogP contribution in [0.5, 0.6) is 5.75 Å². The number of hydrogen-bond acceptors (Lipinski definition) is 6. The van der Waals surface area contributed by atoms with Crippen molar-refractivity contribution in [1.82, 2.24) is 4.90 Å². The summed E-state index contributed by atoms with van der Waals surface area (Å²) in [7, 11) is 1.27. The Kier molecular flexibility index (Phi) is 7.18. The lowest BCUT2D eigenvalue weighted by Gasteiger charge is -2.37. The normalized spacial score (nSPS) is 19.7. The highest BCUT2D eigenvalue weighted by molar-refractivity contribution is 9.10. The predicted octanol–water partition coefficient (Wildman–Crippen LogP) is 6.19. The molecule has 0 aromatic heterocycles. The Bertz CT molecular complexity index is 1500. The topological polar surface area (TPSA) is 68.3 Å². The third-order valence-electron chi connectivity index (χ3n) is 7.63. The molecule has 7 nitrogen and oxygen atoms in total. The average molecular weight is 634 g/mol. The van der Waals surface area contributed by atoms with Gasteiger partial charge in [-0.25, -0.2) is 13.6 Å². The number of methoxy groups -OCH3 is 1. The fourth-order valence-corrected chi connectivity index (χ4v) is 6.65. The summed E-state index contributed by atoms with van der Waals surface area (Å²) in [6.07, 6.45) is 1.82. The SMILES string of the molecule is COC(=O)c1cc(F)c(-c2cccc3c2OCN(C(=O)c2c(F)cc(Br)cc2Cl)C3)cc1N1C2CCC1COC2. The van der Waals surface area contributed by atoms with Crippen LogP contribution < -0.4 is 9.64 Å². The van der Waals surface area contributed by atoms with Gasteiger partial charge in [0.2, 0.25) is 0 Å². The molecular weight excluding hydrogens is 610 g/mol. The summed E-state index contributed by atoms with van der Waals surface area (Å²) in [5.41, 5.74) is 1.85. The Morgan fingerprint density at radius 2 is 1.80 bits per heavy atom. The summed E-state index contributed by atoms with van der Waals surface area (Å²) in [5.74, 6) is -2.18. The highest BCUT2D eigenvalue weighted by atomic mass is 79.9. The highest BCUT2D eigenvalue weighted by Gasteiger charge is 2.40. The Hall–Kier alpha value is -3.21. The van der Waals surface area contributed by atoms with Crippen molar-refractivity contribution in [2.75, 3.05) is 32.0 Å². The van der Waals surface area contributed by atoms with E-state index in [1.807, 2.05) is 0 Å². The summed E-state index contributed by atoms with van der Waals surface area (Å²) >= 11 is 9.34. The van der Waals surface area contributed by atoms with Gasteiger partial charge in [-0.15, -0.1) is 0 Å². The molecule has 3 aliphatic heterocycles. The van der Waals surface area contributed by atoms with Crippen molar-refractivity contribution < 1.29 is 32.6 Å². The van der Waals surface area contributed by atoms with E-state index in [1.54, 1.807) is 24.3 Å². The number of para-hydroxylation sites is 1. The first-order chi connectivity index (χ1) is 19.3. The van der Waals surface area contributed by atoms with Crippen molar-refractivity contribution in [3.05, 3.63) is 80.3 Å². The Labute approximate surface area is 242 Å². The van der Waals surface area contributed by atoms with Crippen LogP contribution in [0.2, 0.25) is 5.02 Å². The van der Waals surface area contributed by atoms with Gasteiger partial charge in [-0.1, -0.05) is 45.7 Å². The largest absolute Gasteiger partial charge is 0.472 e. The van der Waals surface area contributed by atoms with E-state index in [0.29, 0.717) is 40.3 Å². The summed E-state index contributed by atoms with van der Waals surface area (Å²) in [5, 5.41) is -0.0196. The molecule has 3 aromatic rings. The second-order valence-corrected chi connectivity index (χ2v) is 11.3. The number of esters is 1. The number of amides is 1. The Balaban J connectivity index is 1.38. The van der Waals surface area contributed by atoms with Crippen molar-refractivity contribution in [3.8, 4) is 16.9 Å². The maximum absolute atomic E-state index is 15.7. The van der Waals surface area contributed by atoms with Crippen molar-refractivity contribution in [2.45, 2.75) is 31.5 Å². The van der Waals surface area contributed by atoms with Crippen LogP contribution in [0.3, 0.4) is 0 Å². The molecule has 40 heavy (non-hydrogen) atoms. The molecule has 2 atom stereocenters. The summed E-state index contributed by atoms with van der Waals surface area (Å²) in [6, 6.07) is 10.9. The monoisotopic (exact) mass is 632 g/mol. The van der Waals surface area contributed by atoms with E-state index < -0.39 is 23.5 Å². The number of nitrogens with zero attached hydrogens (tertiary/aromatic N) is 2. The number of halogens is 4. The average Bonchev–Trinajstić information content (AvgIpc) is 3.18. The second kappa shape index (κ2) is 10.6. The number of anilines is 1. The third-order valence-corrected chi connectivity index (χ3v) is 8.39.